The largest absolute Gasteiger partial charge is 0.464 e. The summed E-state index contributed by atoms with van der Waals surface area (Å²) in [5, 5.41) is 6.63. The molecule has 0 bridgehead atoms. The highest BCUT2D eigenvalue weighted by molar-refractivity contribution is 5.61. The van der Waals surface area contributed by atoms with Crippen molar-refractivity contribution < 1.29 is 14.2 Å². The van der Waals surface area contributed by atoms with Gasteiger partial charge in [0.15, 0.2) is 6.23 Å². The molecule has 0 radical (unpaired) electrons. The molecule has 0 saturated carbocycles. The van der Waals surface area contributed by atoms with E-state index in [2.05, 4.69) is 30.5 Å². The number of hydrogen-bond donors (Lipinski definition) is 2. The van der Waals surface area contributed by atoms with Gasteiger partial charge in [-0.05, 0) is 31.2 Å². The lowest BCUT2D eigenvalue weighted by atomic mass is 10.2. The molecular formula is C22H24N6O3. The van der Waals surface area contributed by atoms with Gasteiger partial charge in [-0.25, -0.2) is 0 Å². The SMILES string of the molecule is CCOc1nc(Nc2ccc([C@@H]3Nc4ccccc4O3)cc2)nc(N2CCOCC2)n1. The van der Waals surface area contributed by atoms with Crippen LogP contribution in [0.5, 0.6) is 11.8 Å². The van der Waals surface area contributed by atoms with Crippen LogP contribution in [0.2, 0.25) is 0 Å². The molecule has 1 fully saturated rings. The number of hydrogen-bond acceptors (Lipinski definition) is 9. The Balaban J connectivity index is 1.32. The number of aromatic nitrogens is 3. The summed E-state index contributed by atoms with van der Waals surface area (Å²) in [4.78, 5) is 15.5. The van der Waals surface area contributed by atoms with Gasteiger partial charge in [0.1, 0.15) is 5.75 Å². The number of nitrogens with zero attached hydrogens (tertiary/aromatic N) is 4. The first-order valence-electron chi connectivity index (χ1n) is 10.4. The molecule has 0 spiro atoms. The van der Waals surface area contributed by atoms with Crippen molar-refractivity contribution in [3.8, 4) is 11.8 Å². The van der Waals surface area contributed by atoms with E-state index in [1.165, 1.54) is 0 Å². The maximum atomic E-state index is 5.98. The molecule has 1 saturated heterocycles. The molecule has 0 aliphatic carbocycles. The first kappa shape index (κ1) is 19.4. The second-order valence-corrected chi connectivity index (χ2v) is 7.16. The number of anilines is 4. The van der Waals surface area contributed by atoms with Gasteiger partial charge < -0.3 is 29.7 Å². The van der Waals surface area contributed by atoms with Crippen LogP contribution in [0, 0.1) is 0 Å². The van der Waals surface area contributed by atoms with Crippen molar-refractivity contribution in [2.24, 2.45) is 0 Å². The van der Waals surface area contributed by atoms with Gasteiger partial charge in [0, 0.05) is 24.3 Å². The Hall–Kier alpha value is -3.59. The Labute approximate surface area is 180 Å². The summed E-state index contributed by atoms with van der Waals surface area (Å²) in [6, 6.07) is 16.2. The normalized spacial score (nSPS) is 17.5. The van der Waals surface area contributed by atoms with Gasteiger partial charge >= 0.3 is 6.01 Å². The number of nitrogens with one attached hydrogen (secondary N) is 2. The summed E-state index contributed by atoms with van der Waals surface area (Å²) in [5.41, 5.74) is 2.89. The molecule has 1 atom stereocenters. The Bertz CT molecular complexity index is 1010. The predicted molar refractivity (Wildman–Crippen MR) is 117 cm³/mol. The average molecular weight is 420 g/mol. The van der Waals surface area contributed by atoms with Gasteiger partial charge in [-0.1, -0.05) is 24.3 Å². The van der Waals surface area contributed by atoms with E-state index in [1.807, 2.05) is 55.5 Å². The molecule has 9 nitrogen and oxygen atoms in total. The van der Waals surface area contributed by atoms with Crippen LogP contribution in [0.1, 0.15) is 18.7 Å². The summed E-state index contributed by atoms with van der Waals surface area (Å²) in [5.74, 6) is 1.89. The van der Waals surface area contributed by atoms with Crippen LogP contribution in [-0.4, -0.2) is 47.9 Å². The second-order valence-electron chi connectivity index (χ2n) is 7.16. The van der Waals surface area contributed by atoms with Crippen LogP contribution < -0.4 is 25.0 Å². The van der Waals surface area contributed by atoms with E-state index in [9.17, 15) is 0 Å². The number of fused-ring (bicyclic) bond motifs is 1. The van der Waals surface area contributed by atoms with E-state index < -0.39 is 0 Å². The quantitative estimate of drug-likeness (QED) is 0.622. The van der Waals surface area contributed by atoms with Crippen LogP contribution in [0.3, 0.4) is 0 Å². The summed E-state index contributed by atoms with van der Waals surface area (Å²) < 4.78 is 17.0. The third kappa shape index (κ3) is 4.31. The molecule has 2 aliphatic heterocycles. The summed E-state index contributed by atoms with van der Waals surface area (Å²) in [6.07, 6.45) is -0.207. The highest BCUT2D eigenvalue weighted by Gasteiger charge is 2.22. The summed E-state index contributed by atoms with van der Waals surface area (Å²) >= 11 is 0. The van der Waals surface area contributed by atoms with Gasteiger partial charge in [0.05, 0.1) is 25.5 Å². The van der Waals surface area contributed by atoms with Crippen molar-refractivity contribution in [2.75, 3.05) is 48.4 Å². The molecule has 5 rings (SSSR count). The topological polar surface area (TPSA) is 93.7 Å². The maximum Gasteiger partial charge on any atom is 0.323 e. The van der Waals surface area contributed by atoms with Gasteiger partial charge in [0.25, 0.3) is 0 Å². The van der Waals surface area contributed by atoms with Crippen molar-refractivity contribution in [2.45, 2.75) is 13.2 Å². The molecule has 2 aliphatic rings. The molecule has 0 unspecified atom stereocenters. The van der Waals surface area contributed by atoms with E-state index in [4.69, 9.17) is 14.2 Å². The maximum absolute atomic E-state index is 5.98. The van der Waals surface area contributed by atoms with Crippen molar-refractivity contribution in [3.63, 3.8) is 0 Å². The van der Waals surface area contributed by atoms with Gasteiger partial charge in [-0.15, -0.1) is 0 Å². The fourth-order valence-corrected chi connectivity index (χ4v) is 3.51. The minimum absolute atomic E-state index is 0.207. The van der Waals surface area contributed by atoms with Crippen LogP contribution >= 0.6 is 0 Å². The molecular weight excluding hydrogens is 396 g/mol. The molecule has 2 aromatic carbocycles. The Morgan fingerprint density at radius 2 is 1.87 bits per heavy atom. The van der Waals surface area contributed by atoms with Gasteiger partial charge in [-0.2, -0.15) is 15.0 Å². The molecule has 31 heavy (non-hydrogen) atoms. The van der Waals surface area contributed by atoms with E-state index in [0.717, 1.165) is 35.8 Å². The molecule has 9 heteroatoms. The fraction of sp³-hybridized carbons (Fsp3) is 0.318. The zero-order valence-electron chi connectivity index (χ0n) is 17.2. The third-order valence-electron chi connectivity index (χ3n) is 5.06. The molecule has 3 aromatic rings. The zero-order valence-corrected chi connectivity index (χ0v) is 17.2. The first-order chi connectivity index (χ1) is 15.3. The minimum atomic E-state index is -0.207. The highest BCUT2D eigenvalue weighted by atomic mass is 16.5. The zero-order chi connectivity index (χ0) is 21.0. The lowest BCUT2D eigenvalue weighted by Gasteiger charge is -2.27. The molecule has 0 amide bonds. The Morgan fingerprint density at radius 3 is 2.65 bits per heavy atom. The Kier molecular flexibility index (Phi) is 5.40. The summed E-state index contributed by atoms with van der Waals surface area (Å²) in [7, 11) is 0. The molecule has 2 N–H and O–H groups in total. The fourth-order valence-electron chi connectivity index (χ4n) is 3.51. The average Bonchev–Trinajstić information content (AvgIpc) is 3.25. The highest BCUT2D eigenvalue weighted by Crippen LogP contribution is 2.37. The van der Waals surface area contributed by atoms with Crippen molar-refractivity contribution in [3.05, 3.63) is 54.1 Å². The molecule has 3 heterocycles. The Morgan fingerprint density at radius 1 is 1.06 bits per heavy atom. The van der Waals surface area contributed by atoms with Crippen molar-refractivity contribution in [1.82, 2.24) is 15.0 Å². The van der Waals surface area contributed by atoms with Crippen LogP contribution in [0.4, 0.5) is 23.3 Å². The monoisotopic (exact) mass is 420 g/mol. The number of para-hydroxylation sites is 2. The van der Waals surface area contributed by atoms with Gasteiger partial charge in [-0.3, -0.25) is 0 Å². The standard InChI is InChI=1S/C22H24N6O3/c1-2-30-22-26-20(25-21(27-22)28-11-13-29-14-12-28)23-16-9-7-15(8-10-16)19-24-17-5-3-4-6-18(17)31-19/h3-10,19,24H,2,11-14H2,1H3,(H,23,25,26,27)/t19-/m1/s1. The van der Waals surface area contributed by atoms with Gasteiger partial charge in [0.2, 0.25) is 11.9 Å². The van der Waals surface area contributed by atoms with E-state index in [-0.39, 0.29) is 6.23 Å². The van der Waals surface area contributed by atoms with E-state index in [0.29, 0.717) is 37.7 Å². The third-order valence-corrected chi connectivity index (χ3v) is 5.06. The minimum Gasteiger partial charge on any atom is -0.464 e. The lowest BCUT2D eigenvalue weighted by molar-refractivity contribution is 0.122. The number of morpholine rings is 1. The molecule has 1 aromatic heterocycles. The molecule has 160 valence electrons. The number of rotatable bonds is 6. The van der Waals surface area contributed by atoms with E-state index >= 15 is 0 Å². The lowest BCUT2D eigenvalue weighted by Crippen LogP contribution is -2.37. The predicted octanol–water partition coefficient (Wildman–Crippen LogP) is 3.35. The number of benzene rings is 2. The van der Waals surface area contributed by atoms with Crippen LogP contribution in [0.15, 0.2) is 48.5 Å². The van der Waals surface area contributed by atoms with E-state index in [1.54, 1.807) is 0 Å². The summed E-state index contributed by atoms with van der Waals surface area (Å²) in [6.45, 7) is 5.17. The van der Waals surface area contributed by atoms with Crippen molar-refractivity contribution in [1.29, 1.82) is 0 Å². The second kappa shape index (κ2) is 8.65. The van der Waals surface area contributed by atoms with Crippen LogP contribution in [-0.2, 0) is 4.74 Å². The smallest absolute Gasteiger partial charge is 0.323 e. The number of ether oxygens (including phenoxy) is 3. The van der Waals surface area contributed by atoms with Crippen molar-refractivity contribution >= 4 is 23.3 Å². The first-order valence-corrected chi connectivity index (χ1v) is 10.4. The van der Waals surface area contributed by atoms with Crippen LogP contribution in [0.25, 0.3) is 0 Å².